The van der Waals surface area contributed by atoms with Gasteiger partial charge in [0.25, 0.3) is 5.91 Å². The van der Waals surface area contributed by atoms with Crippen LogP contribution in [0.3, 0.4) is 0 Å². The molecule has 0 fully saturated rings. The van der Waals surface area contributed by atoms with Crippen LogP contribution in [0, 0.1) is 0 Å². The van der Waals surface area contributed by atoms with Gasteiger partial charge in [0.05, 0.1) is 6.61 Å². The maximum Gasteiger partial charge on any atom is 0.341 e. The van der Waals surface area contributed by atoms with Crippen LogP contribution >= 0.6 is 11.3 Å². The average Bonchev–Trinajstić information content (AvgIpc) is 3.17. The number of aldehydes is 1. The second kappa shape index (κ2) is 9.66. The van der Waals surface area contributed by atoms with Crippen molar-refractivity contribution in [2.75, 3.05) is 18.5 Å². The van der Waals surface area contributed by atoms with Crippen LogP contribution in [0.15, 0.2) is 60.0 Å². The number of benzene rings is 2. The first-order valence-electron chi connectivity index (χ1n) is 8.94. The topological polar surface area (TPSA) is 81.7 Å². The second-order valence-corrected chi connectivity index (χ2v) is 6.84. The smallest absolute Gasteiger partial charge is 0.341 e. The molecule has 0 saturated carbocycles. The Hall–Kier alpha value is -3.45. The molecule has 7 heteroatoms. The van der Waals surface area contributed by atoms with E-state index in [1.54, 1.807) is 31.2 Å². The summed E-state index contributed by atoms with van der Waals surface area (Å²) in [5, 5.41) is 4.96. The molecule has 0 unspecified atom stereocenters. The largest absolute Gasteiger partial charge is 0.484 e. The fourth-order valence-electron chi connectivity index (χ4n) is 2.64. The van der Waals surface area contributed by atoms with Crippen LogP contribution in [-0.2, 0) is 9.53 Å². The number of nitrogens with one attached hydrogen (secondary N) is 1. The van der Waals surface area contributed by atoms with E-state index in [0.29, 0.717) is 27.4 Å². The van der Waals surface area contributed by atoms with Crippen LogP contribution in [0.4, 0.5) is 5.00 Å². The van der Waals surface area contributed by atoms with Crippen LogP contribution in [-0.4, -0.2) is 31.4 Å². The van der Waals surface area contributed by atoms with Crippen LogP contribution in [0.2, 0.25) is 0 Å². The van der Waals surface area contributed by atoms with Crippen LogP contribution < -0.4 is 10.1 Å². The zero-order valence-electron chi connectivity index (χ0n) is 15.7. The van der Waals surface area contributed by atoms with E-state index < -0.39 is 11.9 Å². The number of thiophene rings is 1. The molecule has 3 aromatic rings. The van der Waals surface area contributed by atoms with Crippen molar-refractivity contribution >= 4 is 34.5 Å². The molecule has 0 aliphatic carbocycles. The van der Waals surface area contributed by atoms with Gasteiger partial charge in [0.2, 0.25) is 0 Å². The summed E-state index contributed by atoms with van der Waals surface area (Å²) < 4.78 is 10.6. The molecule has 3 rings (SSSR count). The van der Waals surface area contributed by atoms with Crippen molar-refractivity contribution in [2.24, 2.45) is 0 Å². The highest BCUT2D eigenvalue weighted by Gasteiger charge is 2.22. The highest BCUT2D eigenvalue weighted by atomic mass is 32.1. The zero-order valence-corrected chi connectivity index (χ0v) is 16.5. The Balaban J connectivity index is 1.75. The predicted octanol–water partition coefficient (Wildman–Crippen LogP) is 4.42. The Labute approximate surface area is 172 Å². The van der Waals surface area contributed by atoms with Gasteiger partial charge in [-0.2, -0.15) is 0 Å². The van der Waals surface area contributed by atoms with E-state index in [2.05, 4.69) is 5.32 Å². The van der Waals surface area contributed by atoms with Gasteiger partial charge in [0, 0.05) is 16.5 Å². The molecular weight excluding hydrogens is 390 g/mol. The molecule has 1 aromatic heterocycles. The minimum atomic E-state index is -0.492. The Bertz CT molecular complexity index is 996. The standard InChI is InChI=1S/C22H19NO5S/c1-2-27-22(26)20-18(16-6-4-3-5-7-16)14-29-21(20)23-19(25)13-28-17-10-8-15(12-24)9-11-17/h3-12,14H,2,13H2,1H3,(H,23,25). The minimum Gasteiger partial charge on any atom is -0.484 e. The van der Waals surface area contributed by atoms with Gasteiger partial charge >= 0.3 is 5.97 Å². The van der Waals surface area contributed by atoms with Crippen molar-refractivity contribution < 1.29 is 23.9 Å². The normalized spacial score (nSPS) is 10.2. The predicted molar refractivity (Wildman–Crippen MR) is 112 cm³/mol. The highest BCUT2D eigenvalue weighted by molar-refractivity contribution is 7.15. The van der Waals surface area contributed by atoms with Crippen LogP contribution in [0.5, 0.6) is 5.75 Å². The fraction of sp³-hybridized carbons (Fsp3) is 0.136. The number of anilines is 1. The lowest BCUT2D eigenvalue weighted by Crippen LogP contribution is -2.21. The van der Waals surface area contributed by atoms with Crippen molar-refractivity contribution in [3.8, 4) is 16.9 Å². The first kappa shape index (κ1) is 20.3. The molecule has 0 atom stereocenters. The lowest BCUT2D eigenvalue weighted by molar-refractivity contribution is -0.118. The van der Waals surface area contributed by atoms with E-state index in [4.69, 9.17) is 9.47 Å². The molecule has 29 heavy (non-hydrogen) atoms. The van der Waals surface area contributed by atoms with Crippen molar-refractivity contribution in [3.63, 3.8) is 0 Å². The molecule has 0 aliphatic heterocycles. The summed E-state index contributed by atoms with van der Waals surface area (Å²) in [6.45, 7) is 1.73. The number of esters is 1. The summed E-state index contributed by atoms with van der Waals surface area (Å²) in [5.41, 5.74) is 2.41. The molecular formula is C22H19NO5S. The van der Waals surface area contributed by atoms with E-state index in [0.717, 1.165) is 11.8 Å². The minimum absolute atomic E-state index is 0.232. The molecule has 2 aromatic carbocycles. The van der Waals surface area contributed by atoms with Gasteiger partial charge in [0.1, 0.15) is 22.6 Å². The number of ether oxygens (including phenoxy) is 2. The van der Waals surface area contributed by atoms with Gasteiger partial charge in [0.15, 0.2) is 6.61 Å². The van der Waals surface area contributed by atoms with Gasteiger partial charge in [-0.25, -0.2) is 4.79 Å². The number of hydrogen-bond donors (Lipinski definition) is 1. The summed E-state index contributed by atoms with van der Waals surface area (Å²) >= 11 is 1.25. The summed E-state index contributed by atoms with van der Waals surface area (Å²) in [5.74, 6) is -0.433. The number of amides is 1. The molecule has 0 aliphatic rings. The maximum atomic E-state index is 12.5. The number of hydrogen-bond acceptors (Lipinski definition) is 6. The fourth-order valence-corrected chi connectivity index (χ4v) is 3.61. The maximum absolute atomic E-state index is 12.5. The van der Waals surface area contributed by atoms with E-state index in [-0.39, 0.29) is 13.2 Å². The Morgan fingerprint density at radius 2 is 1.79 bits per heavy atom. The van der Waals surface area contributed by atoms with Crippen LogP contribution in [0.25, 0.3) is 11.1 Å². The zero-order chi connectivity index (χ0) is 20.6. The molecule has 1 amide bonds. The van der Waals surface area contributed by atoms with Gasteiger partial charge in [-0.1, -0.05) is 30.3 Å². The summed E-state index contributed by atoms with van der Waals surface area (Å²) in [6, 6.07) is 15.9. The summed E-state index contributed by atoms with van der Waals surface area (Å²) in [4.78, 5) is 35.5. The highest BCUT2D eigenvalue weighted by Crippen LogP contribution is 2.36. The lowest BCUT2D eigenvalue weighted by atomic mass is 10.0. The number of carbonyl (C=O) groups excluding carboxylic acids is 3. The summed E-state index contributed by atoms with van der Waals surface area (Å²) in [6.07, 6.45) is 0.731. The number of rotatable bonds is 8. The van der Waals surface area contributed by atoms with Crippen molar-refractivity contribution in [3.05, 3.63) is 71.1 Å². The molecule has 0 saturated heterocycles. The van der Waals surface area contributed by atoms with Gasteiger partial charge < -0.3 is 14.8 Å². The Morgan fingerprint density at radius 1 is 1.07 bits per heavy atom. The van der Waals surface area contributed by atoms with Crippen molar-refractivity contribution in [2.45, 2.75) is 6.92 Å². The third-order valence-corrected chi connectivity index (χ3v) is 4.89. The molecule has 0 spiro atoms. The molecule has 6 nitrogen and oxygen atoms in total. The second-order valence-electron chi connectivity index (χ2n) is 5.96. The first-order chi connectivity index (χ1) is 14.1. The van der Waals surface area contributed by atoms with E-state index in [1.807, 2.05) is 35.7 Å². The van der Waals surface area contributed by atoms with E-state index in [9.17, 15) is 14.4 Å². The van der Waals surface area contributed by atoms with E-state index >= 15 is 0 Å². The Morgan fingerprint density at radius 3 is 2.45 bits per heavy atom. The lowest BCUT2D eigenvalue weighted by Gasteiger charge is -2.10. The summed E-state index contributed by atoms with van der Waals surface area (Å²) in [7, 11) is 0. The van der Waals surface area contributed by atoms with Gasteiger partial charge in [-0.15, -0.1) is 11.3 Å². The molecule has 1 heterocycles. The SMILES string of the molecule is CCOC(=O)c1c(-c2ccccc2)csc1NC(=O)COc1ccc(C=O)cc1. The van der Waals surface area contributed by atoms with E-state index in [1.165, 1.54) is 11.3 Å². The van der Waals surface area contributed by atoms with Gasteiger partial charge in [-0.05, 0) is 36.8 Å². The molecule has 0 bridgehead atoms. The first-order valence-corrected chi connectivity index (χ1v) is 9.82. The third-order valence-electron chi connectivity index (χ3n) is 3.99. The Kier molecular flexibility index (Phi) is 6.76. The molecule has 0 radical (unpaired) electrons. The monoisotopic (exact) mass is 409 g/mol. The quantitative estimate of drug-likeness (QED) is 0.440. The van der Waals surface area contributed by atoms with Crippen LogP contribution in [0.1, 0.15) is 27.6 Å². The average molecular weight is 409 g/mol. The third kappa shape index (κ3) is 5.08. The van der Waals surface area contributed by atoms with Gasteiger partial charge in [-0.3, -0.25) is 9.59 Å². The van der Waals surface area contributed by atoms with Crippen molar-refractivity contribution in [1.29, 1.82) is 0 Å². The molecule has 148 valence electrons. The van der Waals surface area contributed by atoms with Crippen molar-refractivity contribution in [1.82, 2.24) is 0 Å². The molecule has 1 N–H and O–H groups in total. The number of carbonyl (C=O) groups is 3.